The minimum absolute atomic E-state index is 0.0456. The molecule has 6 heteroatoms. The van der Waals surface area contributed by atoms with Gasteiger partial charge >= 0.3 is 0 Å². The molecular weight excluding hydrogens is 369 g/mol. The summed E-state index contributed by atoms with van der Waals surface area (Å²) in [5, 5.41) is 3.09. The zero-order valence-electron chi connectivity index (χ0n) is 16.9. The number of likely N-dealkylation sites (N-methyl/N-ethyl adjacent to an activating group) is 1. The van der Waals surface area contributed by atoms with Gasteiger partial charge in [0.05, 0.1) is 25.7 Å². The number of nitrogens with one attached hydrogen (secondary N) is 1. The van der Waals surface area contributed by atoms with Crippen LogP contribution in [-0.2, 0) is 22.4 Å². The molecule has 5 nitrogen and oxygen atoms in total. The van der Waals surface area contributed by atoms with Crippen LogP contribution in [0.1, 0.15) is 22.7 Å². The van der Waals surface area contributed by atoms with Crippen molar-refractivity contribution >= 4 is 11.6 Å². The number of hydrogen-bond acceptors (Lipinski definition) is 4. The monoisotopic (exact) mass is 397 g/mol. The average molecular weight is 397 g/mol. The van der Waals surface area contributed by atoms with Gasteiger partial charge in [0.2, 0.25) is 5.91 Å². The van der Waals surface area contributed by atoms with Crippen molar-refractivity contribution in [3.63, 3.8) is 0 Å². The first kappa shape index (κ1) is 19.9. The minimum atomic E-state index is -0.288. The van der Waals surface area contributed by atoms with Gasteiger partial charge < -0.3 is 15.0 Å². The summed E-state index contributed by atoms with van der Waals surface area (Å²) in [4.78, 5) is 17.2. The number of halogens is 1. The molecule has 2 aliphatic heterocycles. The fourth-order valence-corrected chi connectivity index (χ4v) is 4.20. The summed E-state index contributed by atoms with van der Waals surface area (Å²) in [5.74, 6) is -0.334. The fraction of sp³-hybridized carbons (Fsp3) is 0.435. The molecule has 0 aliphatic carbocycles. The molecule has 1 fully saturated rings. The number of amides is 1. The van der Waals surface area contributed by atoms with Crippen LogP contribution in [0, 0.1) is 5.82 Å². The number of nitrogens with zero attached hydrogens (tertiary/aromatic N) is 2. The van der Waals surface area contributed by atoms with E-state index in [1.807, 2.05) is 0 Å². The number of carbonyl (C=O) groups is 1. The second-order valence-electron chi connectivity index (χ2n) is 7.83. The van der Waals surface area contributed by atoms with Gasteiger partial charge in [-0.15, -0.1) is 0 Å². The van der Waals surface area contributed by atoms with Gasteiger partial charge in [-0.1, -0.05) is 24.3 Å². The molecule has 1 amide bonds. The van der Waals surface area contributed by atoms with Gasteiger partial charge in [-0.2, -0.15) is 0 Å². The fourth-order valence-electron chi connectivity index (χ4n) is 4.20. The number of carbonyl (C=O) groups excluding carboxylic acids is 1. The van der Waals surface area contributed by atoms with Crippen LogP contribution in [0.5, 0.6) is 0 Å². The van der Waals surface area contributed by atoms with Crippen LogP contribution in [0.4, 0.5) is 10.1 Å². The molecule has 1 saturated heterocycles. The van der Waals surface area contributed by atoms with E-state index in [9.17, 15) is 9.18 Å². The van der Waals surface area contributed by atoms with Crippen molar-refractivity contribution in [1.29, 1.82) is 0 Å². The average Bonchev–Trinajstić information content (AvgIpc) is 3.11. The number of ether oxygens (including phenoxy) is 1. The van der Waals surface area contributed by atoms with E-state index in [1.165, 1.54) is 28.9 Å². The van der Waals surface area contributed by atoms with Crippen LogP contribution in [0.25, 0.3) is 0 Å². The Hall–Kier alpha value is -2.44. The molecule has 0 bridgehead atoms. The van der Waals surface area contributed by atoms with E-state index < -0.39 is 0 Å². The Morgan fingerprint density at radius 3 is 2.66 bits per heavy atom. The summed E-state index contributed by atoms with van der Waals surface area (Å²) in [6.07, 6.45) is 1.32. The molecule has 2 aromatic rings. The van der Waals surface area contributed by atoms with E-state index in [4.69, 9.17) is 4.74 Å². The van der Waals surface area contributed by atoms with Crippen molar-refractivity contribution in [2.45, 2.75) is 18.9 Å². The Morgan fingerprint density at radius 2 is 1.90 bits per heavy atom. The summed E-state index contributed by atoms with van der Waals surface area (Å²) in [7, 11) is 2.13. The third-order valence-corrected chi connectivity index (χ3v) is 5.87. The van der Waals surface area contributed by atoms with Gasteiger partial charge in [0.15, 0.2) is 0 Å². The lowest BCUT2D eigenvalue weighted by Gasteiger charge is -2.35. The highest BCUT2D eigenvalue weighted by Gasteiger charge is 2.25. The number of hydrogen-bond donors (Lipinski definition) is 1. The minimum Gasteiger partial charge on any atom is -0.379 e. The summed E-state index contributed by atoms with van der Waals surface area (Å²) in [6, 6.07) is 12.9. The normalized spacial score (nSPS) is 17.8. The molecule has 1 N–H and O–H groups in total. The van der Waals surface area contributed by atoms with Crippen LogP contribution in [0.2, 0.25) is 0 Å². The molecule has 0 aromatic heterocycles. The predicted octanol–water partition coefficient (Wildman–Crippen LogP) is 2.55. The first-order valence-electron chi connectivity index (χ1n) is 10.3. The lowest BCUT2D eigenvalue weighted by molar-refractivity contribution is -0.120. The Labute approximate surface area is 171 Å². The van der Waals surface area contributed by atoms with Crippen LogP contribution >= 0.6 is 0 Å². The zero-order chi connectivity index (χ0) is 20.2. The molecule has 29 heavy (non-hydrogen) atoms. The number of fused-ring (bicyclic) bond motifs is 1. The molecule has 0 spiro atoms. The van der Waals surface area contributed by atoms with Crippen LogP contribution < -0.4 is 10.2 Å². The maximum Gasteiger partial charge on any atom is 0.224 e. The maximum atomic E-state index is 13.1. The van der Waals surface area contributed by atoms with Gasteiger partial charge in [-0.25, -0.2) is 4.39 Å². The van der Waals surface area contributed by atoms with E-state index in [1.54, 1.807) is 12.1 Å². The Bertz CT molecular complexity index is 850. The highest BCUT2D eigenvalue weighted by Crippen LogP contribution is 2.31. The van der Waals surface area contributed by atoms with Gasteiger partial charge in [0.25, 0.3) is 0 Å². The maximum absolute atomic E-state index is 13.1. The standard InChI is InChI=1S/C23H28FN3O2/c1-26-9-8-19-15-18(4-7-21(19)26)22(27-10-12-29-13-11-27)16-25-23(28)14-17-2-5-20(24)6-3-17/h2-7,15,22H,8-14,16H2,1H3,(H,25,28)/t22-/m1/s1. The molecule has 2 heterocycles. The van der Waals surface area contributed by atoms with Crippen molar-refractivity contribution < 1.29 is 13.9 Å². The first-order valence-corrected chi connectivity index (χ1v) is 10.3. The molecule has 2 aromatic carbocycles. The molecule has 4 rings (SSSR count). The lowest BCUT2D eigenvalue weighted by Crippen LogP contribution is -2.44. The SMILES string of the molecule is CN1CCc2cc([C@@H](CNC(=O)Cc3ccc(F)cc3)N3CCOCC3)ccc21. The summed E-state index contributed by atoms with van der Waals surface area (Å²) in [5.41, 5.74) is 4.73. The van der Waals surface area contributed by atoms with Crippen molar-refractivity contribution in [3.05, 3.63) is 65.0 Å². The van der Waals surface area contributed by atoms with Crippen molar-refractivity contribution in [1.82, 2.24) is 10.2 Å². The zero-order valence-corrected chi connectivity index (χ0v) is 16.9. The topological polar surface area (TPSA) is 44.8 Å². The van der Waals surface area contributed by atoms with Crippen molar-refractivity contribution in [2.75, 3.05) is 51.3 Å². The molecule has 0 saturated carbocycles. The number of anilines is 1. The second kappa shape index (κ2) is 8.93. The molecule has 0 unspecified atom stereocenters. The third kappa shape index (κ3) is 4.77. The second-order valence-corrected chi connectivity index (χ2v) is 7.83. The van der Waals surface area contributed by atoms with E-state index in [-0.39, 0.29) is 24.2 Å². The van der Waals surface area contributed by atoms with E-state index in [0.29, 0.717) is 19.8 Å². The van der Waals surface area contributed by atoms with Gasteiger partial charge in [0.1, 0.15) is 5.82 Å². The van der Waals surface area contributed by atoms with E-state index in [2.05, 4.69) is 40.4 Å². The number of rotatable bonds is 6. The highest BCUT2D eigenvalue weighted by atomic mass is 19.1. The number of morpholine rings is 1. The highest BCUT2D eigenvalue weighted by molar-refractivity contribution is 5.78. The summed E-state index contributed by atoms with van der Waals surface area (Å²) in [6.45, 7) is 4.75. The number of benzene rings is 2. The molecule has 1 atom stereocenters. The smallest absolute Gasteiger partial charge is 0.224 e. The van der Waals surface area contributed by atoms with Gasteiger partial charge in [0, 0.05) is 38.9 Å². The summed E-state index contributed by atoms with van der Waals surface area (Å²) < 4.78 is 18.6. The van der Waals surface area contributed by atoms with Gasteiger partial charge in [-0.3, -0.25) is 9.69 Å². The van der Waals surface area contributed by atoms with Crippen LogP contribution in [-0.4, -0.2) is 57.2 Å². The predicted molar refractivity (Wildman–Crippen MR) is 112 cm³/mol. The van der Waals surface area contributed by atoms with E-state index in [0.717, 1.165) is 31.6 Å². The van der Waals surface area contributed by atoms with Crippen molar-refractivity contribution in [2.24, 2.45) is 0 Å². The largest absolute Gasteiger partial charge is 0.379 e. The molecule has 154 valence electrons. The Balaban J connectivity index is 1.46. The quantitative estimate of drug-likeness (QED) is 0.814. The van der Waals surface area contributed by atoms with Crippen LogP contribution in [0.3, 0.4) is 0 Å². The Morgan fingerprint density at radius 1 is 1.14 bits per heavy atom. The van der Waals surface area contributed by atoms with Crippen LogP contribution in [0.15, 0.2) is 42.5 Å². The molecule has 2 aliphatic rings. The lowest BCUT2D eigenvalue weighted by atomic mass is 10.00. The Kier molecular flexibility index (Phi) is 6.11. The third-order valence-electron chi connectivity index (χ3n) is 5.87. The van der Waals surface area contributed by atoms with E-state index >= 15 is 0 Å². The summed E-state index contributed by atoms with van der Waals surface area (Å²) >= 11 is 0. The van der Waals surface area contributed by atoms with Gasteiger partial charge in [-0.05, 0) is 41.3 Å². The molecule has 0 radical (unpaired) electrons. The van der Waals surface area contributed by atoms with Crippen molar-refractivity contribution in [3.8, 4) is 0 Å². The molecular formula is C23H28FN3O2. The first-order chi connectivity index (χ1) is 14.1.